The van der Waals surface area contributed by atoms with Gasteiger partial charge in [0, 0.05) is 11.8 Å². The molecule has 0 spiro atoms. The number of carbonyl (C=O) groups is 3. The highest BCUT2D eigenvalue weighted by Crippen LogP contribution is 2.40. The van der Waals surface area contributed by atoms with Crippen LogP contribution < -0.4 is 5.48 Å². The van der Waals surface area contributed by atoms with Crippen LogP contribution in [-0.2, 0) is 14.4 Å². The van der Waals surface area contributed by atoms with Crippen LogP contribution in [0.25, 0.3) is 5.76 Å². The van der Waals surface area contributed by atoms with E-state index in [4.69, 9.17) is 0 Å². The number of likely N-dealkylation sites (tertiary alicyclic amines) is 1. The number of pyridine rings is 1. The largest absolute Gasteiger partial charge is 0.507 e. The quantitative estimate of drug-likeness (QED) is 0.207. The van der Waals surface area contributed by atoms with Crippen molar-refractivity contribution < 1.29 is 24.7 Å². The number of hydrogen-bond donors (Lipinski definition) is 3. The highest BCUT2D eigenvalue weighted by Gasteiger charge is 2.50. The van der Waals surface area contributed by atoms with Crippen LogP contribution in [0.1, 0.15) is 49.0 Å². The van der Waals surface area contributed by atoms with E-state index in [-0.39, 0.29) is 17.8 Å². The maximum Gasteiger partial charge on any atom is 0.296 e. The van der Waals surface area contributed by atoms with Gasteiger partial charge in [0.2, 0.25) is 0 Å². The predicted octanol–water partition coefficient (Wildman–Crippen LogP) is 2.88. The first-order valence-corrected chi connectivity index (χ1v) is 10.1. The molecular formula is C23H25N3O5. The summed E-state index contributed by atoms with van der Waals surface area (Å²) in [6, 6.07) is 9.71. The van der Waals surface area contributed by atoms with E-state index in [9.17, 15) is 24.7 Å². The van der Waals surface area contributed by atoms with Gasteiger partial charge in [-0.2, -0.15) is 0 Å². The van der Waals surface area contributed by atoms with Crippen molar-refractivity contribution >= 4 is 23.4 Å². The Kier molecular flexibility index (Phi) is 6.81. The lowest BCUT2D eigenvalue weighted by Crippen LogP contribution is -2.48. The maximum absolute atomic E-state index is 13.1. The summed E-state index contributed by atoms with van der Waals surface area (Å²) in [4.78, 5) is 43.9. The smallest absolute Gasteiger partial charge is 0.296 e. The number of rotatable bonds is 7. The topological polar surface area (TPSA) is 120 Å². The second-order valence-electron chi connectivity index (χ2n) is 7.46. The highest BCUT2D eigenvalue weighted by atomic mass is 16.5. The minimum absolute atomic E-state index is 0.139. The Labute approximate surface area is 180 Å². The Bertz CT molecular complexity index is 1000. The van der Waals surface area contributed by atoms with Gasteiger partial charge in [-0.1, -0.05) is 55.7 Å². The fraction of sp³-hybridized carbons (Fsp3) is 0.304. The number of Topliss-reactive ketones (excluding diaryl/α,β-unsaturated/α-hetero) is 1. The molecule has 1 aromatic heterocycles. The molecule has 0 aliphatic carbocycles. The Balaban J connectivity index is 2.20. The fourth-order valence-electron chi connectivity index (χ4n) is 3.74. The Morgan fingerprint density at radius 3 is 2.48 bits per heavy atom. The van der Waals surface area contributed by atoms with E-state index in [0.717, 1.165) is 16.9 Å². The molecule has 1 aliphatic heterocycles. The average molecular weight is 423 g/mol. The standard InChI is InChI=1S/C23H25N3O5/c1-3-4-8-17(22(29)25-31)26-19(16-7-5-6-13-24-16)18(21(28)23(26)30)20(27)15-11-9-14(2)10-12-15/h5-7,9-13,17,19,27,31H,3-4,8H2,1-2H3,(H,25,29). The summed E-state index contributed by atoms with van der Waals surface area (Å²) in [5, 5.41) is 20.3. The molecule has 8 heteroatoms. The van der Waals surface area contributed by atoms with Crippen LogP contribution in [0, 0.1) is 6.92 Å². The zero-order valence-electron chi connectivity index (χ0n) is 17.4. The average Bonchev–Trinajstić information content (AvgIpc) is 3.05. The summed E-state index contributed by atoms with van der Waals surface area (Å²) in [7, 11) is 0. The van der Waals surface area contributed by atoms with E-state index in [2.05, 4.69) is 4.98 Å². The molecule has 2 heterocycles. The molecule has 8 nitrogen and oxygen atoms in total. The number of carbonyl (C=O) groups excluding carboxylic acids is 3. The number of hydrogen-bond acceptors (Lipinski definition) is 6. The second kappa shape index (κ2) is 9.53. The number of nitrogens with zero attached hydrogens (tertiary/aromatic N) is 2. The van der Waals surface area contributed by atoms with Gasteiger partial charge in [-0.15, -0.1) is 0 Å². The number of aliphatic hydroxyl groups excluding tert-OH is 1. The van der Waals surface area contributed by atoms with Crippen LogP contribution in [0.3, 0.4) is 0 Å². The van der Waals surface area contributed by atoms with Crippen LogP contribution in [0.2, 0.25) is 0 Å². The molecule has 2 aromatic rings. The van der Waals surface area contributed by atoms with Gasteiger partial charge in [-0.3, -0.25) is 24.6 Å². The summed E-state index contributed by atoms with van der Waals surface area (Å²) in [6.45, 7) is 3.82. The first-order valence-electron chi connectivity index (χ1n) is 10.1. The van der Waals surface area contributed by atoms with Gasteiger partial charge in [0.25, 0.3) is 17.6 Å². The molecule has 1 aliphatic rings. The van der Waals surface area contributed by atoms with E-state index in [0.29, 0.717) is 17.7 Å². The van der Waals surface area contributed by atoms with Gasteiger partial charge in [-0.05, 0) is 25.5 Å². The first-order chi connectivity index (χ1) is 14.9. The van der Waals surface area contributed by atoms with Gasteiger partial charge in [0.1, 0.15) is 17.8 Å². The SMILES string of the molecule is CCCCC(C(=O)NO)N1C(=O)C(=O)C(=C(O)c2ccc(C)cc2)C1c1ccccn1. The summed E-state index contributed by atoms with van der Waals surface area (Å²) >= 11 is 0. The van der Waals surface area contributed by atoms with E-state index in [1.54, 1.807) is 47.9 Å². The molecule has 0 radical (unpaired) electrons. The molecular weight excluding hydrogens is 398 g/mol. The van der Waals surface area contributed by atoms with Gasteiger partial charge in [-0.25, -0.2) is 5.48 Å². The third kappa shape index (κ3) is 4.34. The lowest BCUT2D eigenvalue weighted by molar-refractivity contribution is -0.147. The lowest BCUT2D eigenvalue weighted by Gasteiger charge is -2.31. The van der Waals surface area contributed by atoms with Gasteiger partial charge >= 0.3 is 0 Å². The van der Waals surface area contributed by atoms with Gasteiger partial charge in [0.05, 0.1) is 11.3 Å². The third-order valence-electron chi connectivity index (χ3n) is 5.35. The molecule has 0 saturated carbocycles. The first kappa shape index (κ1) is 22.2. The van der Waals surface area contributed by atoms with Crippen LogP contribution in [0.15, 0.2) is 54.2 Å². The fourth-order valence-corrected chi connectivity index (χ4v) is 3.74. The monoisotopic (exact) mass is 423 g/mol. The zero-order chi connectivity index (χ0) is 22.5. The number of hydroxylamine groups is 1. The Morgan fingerprint density at radius 1 is 1.19 bits per heavy atom. The molecule has 162 valence electrons. The molecule has 0 bridgehead atoms. The van der Waals surface area contributed by atoms with E-state index >= 15 is 0 Å². The highest BCUT2D eigenvalue weighted by molar-refractivity contribution is 6.47. The number of ketones is 1. The zero-order valence-corrected chi connectivity index (χ0v) is 17.4. The van der Waals surface area contributed by atoms with E-state index < -0.39 is 29.7 Å². The summed E-state index contributed by atoms with van der Waals surface area (Å²) in [5.41, 5.74) is 3.14. The van der Waals surface area contributed by atoms with Crippen molar-refractivity contribution in [3.63, 3.8) is 0 Å². The van der Waals surface area contributed by atoms with Crippen LogP contribution in [0.5, 0.6) is 0 Å². The molecule has 1 saturated heterocycles. The van der Waals surface area contributed by atoms with Crippen molar-refractivity contribution in [2.45, 2.75) is 45.2 Å². The Morgan fingerprint density at radius 2 is 1.90 bits per heavy atom. The minimum atomic E-state index is -1.10. The summed E-state index contributed by atoms with van der Waals surface area (Å²) in [5.74, 6) is -2.96. The molecule has 31 heavy (non-hydrogen) atoms. The van der Waals surface area contributed by atoms with Crippen molar-refractivity contribution in [1.29, 1.82) is 0 Å². The normalized spacial score (nSPS) is 18.8. The van der Waals surface area contributed by atoms with Gasteiger partial charge < -0.3 is 10.0 Å². The summed E-state index contributed by atoms with van der Waals surface area (Å²) < 4.78 is 0. The van der Waals surface area contributed by atoms with Gasteiger partial charge in [0.15, 0.2) is 0 Å². The van der Waals surface area contributed by atoms with Crippen molar-refractivity contribution in [3.8, 4) is 0 Å². The number of aliphatic hydroxyl groups is 1. The molecule has 1 fully saturated rings. The number of benzene rings is 1. The van der Waals surface area contributed by atoms with Crippen molar-refractivity contribution in [3.05, 3.63) is 71.1 Å². The maximum atomic E-state index is 13.1. The van der Waals surface area contributed by atoms with Crippen molar-refractivity contribution in [2.24, 2.45) is 0 Å². The van der Waals surface area contributed by atoms with Crippen LogP contribution in [-0.4, -0.2) is 43.8 Å². The van der Waals surface area contributed by atoms with E-state index in [1.165, 1.54) is 6.20 Å². The van der Waals surface area contributed by atoms with Crippen LogP contribution >= 0.6 is 0 Å². The molecule has 2 amide bonds. The predicted molar refractivity (Wildman–Crippen MR) is 113 cm³/mol. The van der Waals surface area contributed by atoms with Crippen LogP contribution in [0.4, 0.5) is 0 Å². The molecule has 1 aromatic carbocycles. The molecule has 2 unspecified atom stereocenters. The number of aryl methyl sites for hydroxylation is 1. The Hall–Kier alpha value is -3.52. The number of aromatic nitrogens is 1. The second-order valence-corrected chi connectivity index (χ2v) is 7.46. The summed E-state index contributed by atoms with van der Waals surface area (Å²) in [6.07, 6.45) is 3.09. The number of amides is 2. The number of nitrogens with one attached hydrogen (secondary N) is 1. The third-order valence-corrected chi connectivity index (χ3v) is 5.35. The van der Waals surface area contributed by atoms with E-state index in [1.807, 2.05) is 13.8 Å². The molecule has 3 N–H and O–H groups in total. The van der Waals surface area contributed by atoms with Crippen molar-refractivity contribution in [2.75, 3.05) is 0 Å². The number of unbranched alkanes of at least 4 members (excludes halogenated alkanes) is 1. The molecule has 2 atom stereocenters. The molecule has 3 rings (SSSR count). The lowest BCUT2D eigenvalue weighted by atomic mass is 9.97. The van der Waals surface area contributed by atoms with Crippen molar-refractivity contribution in [1.82, 2.24) is 15.4 Å². The minimum Gasteiger partial charge on any atom is -0.507 e.